The molecular formula is C73H109F11N12O12. The third-order valence-corrected chi connectivity index (χ3v) is 23.6. The number of rotatable bonds is 10. The lowest BCUT2D eigenvalue weighted by Gasteiger charge is -2.54. The number of fused-ring (bicyclic) bond motifs is 3. The van der Waals surface area contributed by atoms with Gasteiger partial charge in [0.2, 0.25) is 70.9 Å². The van der Waals surface area contributed by atoms with E-state index in [1.807, 2.05) is 0 Å². The van der Waals surface area contributed by atoms with Crippen LogP contribution in [0, 0.1) is 40.9 Å². The number of carbonyl (C=O) groups is 12. The van der Waals surface area contributed by atoms with E-state index in [9.17, 15) is 68.3 Å². The van der Waals surface area contributed by atoms with Gasteiger partial charge in [-0.25, -0.2) is 8.78 Å². The maximum absolute atomic E-state index is 15.6. The number of alkyl halides is 11. The zero-order valence-corrected chi connectivity index (χ0v) is 63.9. The second-order valence-corrected chi connectivity index (χ2v) is 32.4. The van der Waals surface area contributed by atoms with Crippen molar-refractivity contribution in [3.8, 4) is 0 Å². The minimum atomic E-state index is -5.23. The number of likely N-dealkylation sites (N-methyl/N-ethyl adjacent to an activating group) is 7. The minimum Gasteiger partial charge on any atom is -0.347 e. The lowest BCUT2D eigenvalue weighted by molar-refractivity contribution is -0.219. The molecule has 2 bridgehead atoms. The van der Waals surface area contributed by atoms with Crippen molar-refractivity contribution in [1.29, 1.82) is 0 Å². The van der Waals surface area contributed by atoms with Crippen LogP contribution in [0.4, 0.5) is 48.3 Å². The van der Waals surface area contributed by atoms with E-state index in [1.54, 1.807) is 32.9 Å². The van der Waals surface area contributed by atoms with E-state index in [-0.39, 0.29) is 96.6 Å². The van der Waals surface area contributed by atoms with Gasteiger partial charge in [-0.15, -0.1) is 0 Å². The summed E-state index contributed by atoms with van der Waals surface area (Å²) in [6.07, 6.45) is -21.5. The van der Waals surface area contributed by atoms with Crippen LogP contribution in [0.25, 0.3) is 0 Å². The summed E-state index contributed by atoms with van der Waals surface area (Å²) in [5.41, 5.74) is -2.45. The van der Waals surface area contributed by atoms with Gasteiger partial charge in [0.1, 0.15) is 72.1 Å². The molecule has 0 aromatic carbocycles. The highest BCUT2D eigenvalue weighted by molar-refractivity contribution is 6.01. The van der Waals surface area contributed by atoms with E-state index in [0.29, 0.717) is 30.6 Å². The maximum atomic E-state index is 15.6. The molecule has 2 saturated heterocycles. The molecule has 3 N–H and O–H groups in total. The Bertz CT molecular complexity index is 3290. The molecule has 7 rings (SSSR count). The normalized spacial score (nSPS) is 31.9. The van der Waals surface area contributed by atoms with Gasteiger partial charge in [-0.1, -0.05) is 59.1 Å². The average molecular weight is 1560 g/mol. The van der Waals surface area contributed by atoms with Crippen molar-refractivity contribution >= 4 is 70.9 Å². The molecule has 11 atom stereocenters. The van der Waals surface area contributed by atoms with Gasteiger partial charge < -0.3 is 60.0 Å². The fraction of sp³-hybridized carbons (Fsp3) is 0.808. The molecule has 0 aromatic rings. The number of nitrogens with zero attached hydrogens (tertiary/aromatic N) is 9. The number of halogens is 11. The standard InChI is InChI=1S/C73H109F11N12O12/c1-13-41(2)58-66(106)90(8)38-56(99)91(9)50-22-15-14-18-30-96(65(50)105)52(34-42-24-27-45(28-25-42)72(79,80)81)64(104)89(7)37-54(97)85-48(29-26-43-32-46(74)57(47(75)33-43)73(82,83)84)62(102)95-31-19-23-49(95)61(101)87-70(39-69(3,4)40-70)68(108)94(12)59(44-20-16-17-21-44)67(107)93(11)51(63(103)88(5)6)35-55(98)92(10)53(60(100)86-58)36-71(76,77)78/h14-15,41-53,57-59H,13,16-40H2,1-12H3,(H,85,97)(H,86,100)(H,87,101)/b15-14-/t41-,42?,43?,45?,46?,47?,48-,49-,50-,51-,52-,53-,57?,58-,59-/m0/s1. The predicted molar refractivity (Wildman–Crippen MR) is 371 cm³/mol. The summed E-state index contributed by atoms with van der Waals surface area (Å²) in [5.74, 6) is -19.6. The zero-order valence-electron chi connectivity index (χ0n) is 63.9. The van der Waals surface area contributed by atoms with Gasteiger partial charge in [-0.05, 0) is 138 Å². The Morgan fingerprint density at radius 2 is 1.21 bits per heavy atom. The molecule has 12 amide bonds. The first-order valence-corrected chi connectivity index (χ1v) is 37.6. The van der Waals surface area contributed by atoms with E-state index in [1.165, 1.54) is 49.2 Å². The molecule has 3 aliphatic heterocycles. The van der Waals surface area contributed by atoms with Crippen molar-refractivity contribution in [1.82, 2.24) is 60.0 Å². The molecule has 3 heterocycles. The van der Waals surface area contributed by atoms with Gasteiger partial charge in [0.05, 0.1) is 31.8 Å². The van der Waals surface area contributed by atoms with Crippen LogP contribution in [0.15, 0.2) is 12.2 Å². The first-order chi connectivity index (χ1) is 50.1. The van der Waals surface area contributed by atoms with Crippen molar-refractivity contribution in [3.63, 3.8) is 0 Å². The molecule has 7 aliphatic rings. The summed E-state index contributed by atoms with van der Waals surface area (Å²) in [6.45, 7) is 4.58. The molecule has 6 fully saturated rings. The number of hydrogen-bond donors (Lipinski definition) is 3. The highest BCUT2D eigenvalue weighted by Gasteiger charge is 2.60. The first kappa shape index (κ1) is 87.8. The summed E-state index contributed by atoms with van der Waals surface area (Å²) in [4.78, 5) is 188. The Morgan fingerprint density at radius 1 is 0.611 bits per heavy atom. The van der Waals surface area contributed by atoms with E-state index < -0.39 is 242 Å². The van der Waals surface area contributed by atoms with Crippen LogP contribution in [-0.4, -0.2) is 282 Å². The van der Waals surface area contributed by atoms with Gasteiger partial charge >= 0.3 is 18.5 Å². The third kappa shape index (κ3) is 21.2. The second kappa shape index (κ2) is 35.7. The minimum absolute atomic E-state index is 0.0390. The molecular weight excluding hydrogens is 1450 g/mol. The van der Waals surface area contributed by atoms with E-state index in [0.717, 1.165) is 53.3 Å². The largest absolute Gasteiger partial charge is 0.397 e. The summed E-state index contributed by atoms with van der Waals surface area (Å²) >= 11 is 0. The monoisotopic (exact) mass is 1550 g/mol. The molecule has 4 aliphatic carbocycles. The molecule has 35 heteroatoms. The topological polar surface area (TPSA) is 270 Å². The van der Waals surface area contributed by atoms with Gasteiger partial charge in [-0.3, -0.25) is 57.5 Å². The van der Waals surface area contributed by atoms with Crippen molar-refractivity contribution in [2.24, 2.45) is 40.9 Å². The molecule has 1 spiro atoms. The quantitative estimate of drug-likeness (QED) is 0.149. The third-order valence-electron chi connectivity index (χ3n) is 23.6. The Morgan fingerprint density at radius 3 is 1.77 bits per heavy atom. The van der Waals surface area contributed by atoms with Crippen molar-refractivity contribution in [3.05, 3.63) is 12.2 Å². The molecule has 610 valence electrons. The van der Waals surface area contributed by atoms with Crippen LogP contribution in [0.1, 0.15) is 169 Å². The summed E-state index contributed by atoms with van der Waals surface area (Å²) in [6, 6.07) is -13.4. The fourth-order valence-corrected chi connectivity index (χ4v) is 17.4. The van der Waals surface area contributed by atoms with Gasteiger partial charge in [0.25, 0.3) is 0 Å². The fourth-order valence-electron chi connectivity index (χ4n) is 17.4. The van der Waals surface area contributed by atoms with Gasteiger partial charge in [0.15, 0.2) is 0 Å². The number of hydrogen-bond acceptors (Lipinski definition) is 12. The first-order valence-electron chi connectivity index (χ1n) is 37.6. The molecule has 24 nitrogen and oxygen atoms in total. The van der Waals surface area contributed by atoms with Crippen molar-refractivity contribution in [2.75, 3.05) is 82.6 Å². The van der Waals surface area contributed by atoms with E-state index in [4.69, 9.17) is 0 Å². The van der Waals surface area contributed by atoms with E-state index in [2.05, 4.69) is 16.0 Å². The molecule has 108 heavy (non-hydrogen) atoms. The average Bonchev–Trinajstić information content (AvgIpc) is 0.916. The van der Waals surface area contributed by atoms with Crippen LogP contribution in [0.5, 0.6) is 0 Å². The van der Waals surface area contributed by atoms with Crippen LogP contribution in [0.2, 0.25) is 0 Å². The summed E-state index contributed by atoms with van der Waals surface area (Å²) < 4.78 is 159. The molecule has 0 radical (unpaired) electrons. The number of nitrogens with one attached hydrogen (secondary N) is 3. The Hall–Kier alpha value is -7.39. The van der Waals surface area contributed by atoms with Crippen LogP contribution < -0.4 is 16.0 Å². The van der Waals surface area contributed by atoms with Gasteiger partial charge in [0, 0.05) is 69.5 Å². The van der Waals surface area contributed by atoms with Crippen LogP contribution in [-0.2, 0) is 57.5 Å². The van der Waals surface area contributed by atoms with Gasteiger partial charge in [-0.2, -0.15) is 39.5 Å². The number of carbonyl (C=O) groups excluding carboxylic acids is 12. The molecule has 4 saturated carbocycles. The highest BCUT2D eigenvalue weighted by Crippen LogP contribution is 2.50. The van der Waals surface area contributed by atoms with Crippen molar-refractivity contribution < 1.29 is 106 Å². The summed E-state index contributed by atoms with van der Waals surface area (Å²) in [7, 11) is 9.50. The highest BCUT2D eigenvalue weighted by atomic mass is 19.4. The maximum Gasteiger partial charge on any atom is 0.397 e. The lowest BCUT2D eigenvalue weighted by atomic mass is 9.58. The molecule has 0 aromatic heterocycles. The molecule has 2 unspecified atom stereocenters. The van der Waals surface area contributed by atoms with Crippen molar-refractivity contribution in [2.45, 2.75) is 254 Å². The Kier molecular flexibility index (Phi) is 29.1. The SMILES string of the molecule is CC[C@H](C)[C@@H]1NC(=O)[C@H](CC(F)(F)F)N(C)C(=O)C[C@@H](C(=O)N(C)C)N(C)C(=O)[C@H](C2CCCC2)N(C)C(=O)C2(CC(C)(C)C2)NC(=O)[C@@H]2CCCN2C(=O)[C@H](CCC2CC(F)C(C(F)(F)F)C(F)C2)NC(=O)CN(C)C(=O)[C@H](CC2CCC(C(F)(F)F)CC2)N2CC/C=C\C[C@@H](C2=O)N(C)C(=O)CN(C)C1=O. The van der Waals surface area contributed by atoms with Crippen LogP contribution in [0.3, 0.4) is 0 Å². The van der Waals surface area contributed by atoms with E-state index >= 15 is 37.5 Å². The Balaban J connectivity index is 1.32. The predicted octanol–water partition coefficient (Wildman–Crippen LogP) is 6.88. The summed E-state index contributed by atoms with van der Waals surface area (Å²) in [5, 5.41) is 7.86. The zero-order chi connectivity index (χ0) is 80.8. The van der Waals surface area contributed by atoms with Crippen LogP contribution >= 0.6 is 0 Å². The smallest absolute Gasteiger partial charge is 0.347 e. The number of amides is 12. The Labute approximate surface area is 624 Å². The lowest BCUT2D eigenvalue weighted by Crippen LogP contribution is -2.71. The second-order valence-electron chi connectivity index (χ2n) is 32.4.